The largest absolute Gasteiger partial charge is 0.394 e. The van der Waals surface area contributed by atoms with Gasteiger partial charge in [-0.25, -0.2) is 8.42 Å². The quantitative estimate of drug-likeness (QED) is 0.614. The van der Waals surface area contributed by atoms with Gasteiger partial charge in [0.05, 0.1) is 48.1 Å². The number of ether oxygens (including phenoxy) is 1. The van der Waals surface area contributed by atoms with Crippen molar-refractivity contribution in [2.45, 2.75) is 56.9 Å². The lowest BCUT2D eigenvalue weighted by molar-refractivity contribution is -0.136. The fourth-order valence-corrected chi connectivity index (χ4v) is 5.18. The third kappa shape index (κ3) is 6.64. The highest BCUT2D eigenvalue weighted by molar-refractivity contribution is 7.89. The van der Waals surface area contributed by atoms with Gasteiger partial charge >= 0.3 is 0 Å². The molecule has 0 saturated heterocycles. The van der Waals surface area contributed by atoms with Crippen molar-refractivity contribution < 1.29 is 23.1 Å². The number of carbonyl (C=O) groups is 1. The smallest absolute Gasteiger partial charge is 0.242 e. The summed E-state index contributed by atoms with van der Waals surface area (Å²) in [6.07, 6.45) is 2.05. The number of carbonyl (C=O) groups excluding carboxylic acids is 1. The molecule has 3 atom stereocenters. The summed E-state index contributed by atoms with van der Waals surface area (Å²) in [5.41, 5.74) is 0.863. The molecule has 0 radical (unpaired) electrons. The molecule has 1 N–H and O–H groups in total. The second-order valence-corrected chi connectivity index (χ2v) is 11.0. The normalized spacial score (nSPS) is 21.0. The Morgan fingerprint density at radius 1 is 1.40 bits per heavy atom. The maximum atomic E-state index is 13.2. The number of aliphatic hydroxyl groups is 1. The molecular weight excluding hydrogens is 472 g/mol. The minimum Gasteiger partial charge on any atom is -0.394 e. The van der Waals surface area contributed by atoms with Crippen LogP contribution in [0.4, 0.5) is 0 Å². The van der Waals surface area contributed by atoms with E-state index in [9.17, 15) is 18.3 Å². The van der Waals surface area contributed by atoms with E-state index in [2.05, 4.69) is 10.3 Å². The first-order valence-corrected chi connectivity index (χ1v) is 13.0. The first-order valence-electron chi connectivity index (χ1n) is 11.5. The summed E-state index contributed by atoms with van der Waals surface area (Å²) in [5, 5.41) is 27.0. The number of nitriles is 1. The highest BCUT2D eigenvalue weighted by atomic mass is 32.2. The number of hydrogen-bond acceptors (Lipinski definition) is 8. The summed E-state index contributed by atoms with van der Waals surface area (Å²) in [5.74, 6) is -0.349. The maximum absolute atomic E-state index is 13.2. The van der Waals surface area contributed by atoms with Gasteiger partial charge in [0.1, 0.15) is 5.69 Å². The van der Waals surface area contributed by atoms with E-state index in [4.69, 9.17) is 10.00 Å². The zero-order valence-electron chi connectivity index (χ0n) is 20.2. The highest BCUT2D eigenvalue weighted by Gasteiger charge is 2.31. The van der Waals surface area contributed by atoms with E-state index in [1.165, 1.54) is 29.6 Å². The molecule has 0 aliphatic carbocycles. The predicted octanol–water partition coefficient (Wildman–Crippen LogP) is 0.995. The summed E-state index contributed by atoms with van der Waals surface area (Å²) in [6.45, 7) is 4.47. The number of aromatic nitrogens is 3. The van der Waals surface area contributed by atoms with Crippen molar-refractivity contribution in [3.63, 3.8) is 0 Å². The molecule has 35 heavy (non-hydrogen) atoms. The second-order valence-electron chi connectivity index (χ2n) is 8.91. The van der Waals surface area contributed by atoms with Crippen molar-refractivity contribution in [3.8, 4) is 6.07 Å². The van der Waals surface area contributed by atoms with Crippen LogP contribution in [0, 0.1) is 17.2 Å². The lowest BCUT2D eigenvalue weighted by Crippen LogP contribution is -2.47. The van der Waals surface area contributed by atoms with Crippen LogP contribution in [0.3, 0.4) is 0 Å². The monoisotopic (exact) mass is 504 g/mol. The first-order chi connectivity index (χ1) is 16.6. The van der Waals surface area contributed by atoms with Crippen molar-refractivity contribution in [2.75, 3.05) is 26.7 Å². The number of benzene rings is 1. The minimum atomic E-state index is -3.89. The Morgan fingerprint density at radius 2 is 2.17 bits per heavy atom. The summed E-state index contributed by atoms with van der Waals surface area (Å²) in [6, 6.07) is 7.42. The SMILES string of the molecule is C[C@H]1CN([C@@H](C)CO)C(=O)CCCn2cc(nn2)CO[C@H]1CN(C)S(=O)(=O)c1cccc(C#N)c1. The number of amides is 1. The molecule has 2 aromatic rings. The molecule has 1 aromatic carbocycles. The van der Waals surface area contributed by atoms with Gasteiger partial charge in [0.25, 0.3) is 0 Å². The van der Waals surface area contributed by atoms with Crippen LogP contribution in [0.1, 0.15) is 37.9 Å². The van der Waals surface area contributed by atoms with E-state index in [-0.39, 0.29) is 48.1 Å². The van der Waals surface area contributed by atoms with Gasteiger partial charge in [-0.1, -0.05) is 18.2 Å². The van der Waals surface area contributed by atoms with Gasteiger partial charge in [0.2, 0.25) is 15.9 Å². The van der Waals surface area contributed by atoms with Crippen LogP contribution in [0.5, 0.6) is 0 Å². The van der Waals surface area contributed by atoms with Gasteiger partial charge in [0, 0.05) is 39.0 Å². The average Bonchev–Trinajstić information content (AvgIpc) is 3.31. The topological polar surface area (TPSA) is 142 Å². The Labute approximate surface area is 205 Å². The Balaban J connectivity index is 1.87. The molecule has 1 aliphatic heterocycles. The molecule has 3 rings (SSSR count). The average molecular weight is 505 g/mol. The molecule has 190 valence electrons. The summed E-state index contributed by atoms with van der Waals surface area (Å²) < 4.78 is 35.4. The summed E-state index contributed by atoms with van der Waals surface area (Å²) in [7, 11) is -2.43. The zero-order valence-corrected chi connectivity index (χ0v) is 21.1. The fourth-order valence-electron chi connectivity index (χ4n) is 3.95. The molecule has 1 aliphatic rings. The van der Waals surface area contributed by atoms with E-state index in [1.807, 2.05) is 13.0 Å². The summed E-state index contributed by atoms with van der Waals surface area (Å²) in [4.78, 5) is 14.6. The number of sulfonamides is 1. The fraction of sp³-hybridized carbons (Fsp3) is 0.565. The third-order valence-electron chi connectivity index (χ3n) is 6.15. The highest BCUT2D eigenvalue weighted by Crippen LogP contribution is 2.21. The van der Waals surface area contributed by atoms with Gasteiger partial charge in [-0.05, 0) is 31.5 Å². The second kappa shape index (κ2) is 11.7. The summed E-state index contributed by atoms with van der Waals surface area (Å²) >= 11 is 0. The number of nitrogens with zero attached hydrogens (tertiary/aromatic N) is 6. The van der Waals surface area contributed by atoms with Gasteiger partial charge in [-0.15, -0.1) is 5.10 Å². The molecule has 11 nitrogen and oxygen atoms in total. The van der Waals surface area contributed by atoms with Crippen LogP contribution in [0.25, 0.3) is 0 Å². The van der Waals surface area contributed by atoms with E-state index in [0.29, 0.717) is 31.6 Å². The van der Waals surface area contributed by atoms with E-state index in [1.54, 1.807) is 28.8 Å². The van der Waals surface area contributed by atoms with Gasteiger partial charge < -0.3 is 14.7 Å². The Morgan fingerprint density at radius 3 is 2.89 bits per heavy atom. The lowest BCUT2D eigenvalue weighted by atomic mass is 10.0. The van der Waals surface area contributed by atoms with Crippen molar-refractivity contribution >= 4 is 15.9 Å². The van der Waals surface area contributed by atoms with Gasteiger partial charge in [-0.3, -0.25) is 9.48 Å². The standard InChI is InChI=1S/C23H32N6O5S/c1-17-12-29(18(2)15-30)23(31)8-5-9-28-13-20(25-26-28)16-34-22(17)14-27(3)35(32,33)21-7-4-6-19(10-21)11-24/h4,6-7,10,13,17-18,22,30H,5,8-9,12,14-16H2,1-3H3/t17-,18-,22-/m0/s1. The number of hydrogen-bond donors (Lipinski definition) is 1. The maximum Gasteiger partial charge on any atom is 0.242 e. The Hall–Kier alpha value is -2.85. The van der Waals surface area contributed by atoms with Crippen molar-refractivity contribution in [1.29, 1.82) is 5.26 Å². The van der Waals surface area contributed by atoms with Crippen LogP contribution in [0.2, 0.25) is 0 Å². The first kappa shape index (κ1) is 26.7. The molecule has 12 heteroatoms. The van der Waals surface area contributed by atoms with Crippen LogP contribution < -0.4 is 0 Å². The minimum absolute atomic E-state index is 0.0178. The molecule has 2 bridgehead atoms. The van der Waals surface area contributed by atoms with Crippen molar-refractivity contribution in [3.05, 3.63) is 41.7 Å². The predicted molar refractivity (Wildman–Crippen MR) is 126 cm³/mol. The zero-order chi connectivity index (χ0) is 25.6. The van der Waals surface area contributed by atoms with Crippen LogP contribution >= 0.6 is 0 Å². The van der Waals surface area contributed by atoms with E-state index in [0.717, 1.165) is 0 Å². The number of aryl methyl sites for hydroxylation is 1. The van der Waals surface area contributed by atoms with Gasteiger partial charge in [-0.2, -0.15) is 9.57 Å². The lowest BCUT2D eigenvalue weighted by Gasteiger charge is -2.35. The molecule has 0 spiro atoms. The van der Waals surface area contributed by atoms with E-state index < -0.39 is 16.1 Å². The molecule has 0 fully saturated rings. The van der Waals surface area contributed by atoms with Gasteiger partial charge in [0.15, 0.2) is 0 Å². The number of likely N-dealkylation sites (N-methyl/N-ethyl adjacent to an activating group) is 1. The Bertz CT molecular complexity index is 1160. The van der Waals surface area contributed by atoms with Crippen molar-refractivity contribution in [2.24, 2.45) is 5.92 Å². The third-order valence-corrected chi connectivity index (χ3v) is 7.97. The van der Waals surface area contributed by atoms with Crippen LogP contribution in [-0.2, 0) is 32.7 Å². The van der Waals surface area contributed by atoms with Crippen molar-refractivity contribution in [1.82, 2.24) is 24.2 Å². The number of rotatable bonds is 6. The number of fused-ring (bicyclic) bond motifs is 2. The molecule has 2 heterocycles. The molecule has 0 unspecified atom stereocenters. The molecule has 0 saturated carbocycles. The number of aliphatic hydroxyl groups excluding tert-OH is 1. The molecular formula is C23H32N6O5S. The molecule has 1 amide bonds. The van der Waals surface area contributed by atoms with Crippen LogP contribution in [-0.4, -0.2) is 82.5 Å². The van der Waals surface area contributed by atoms with Crippen LogP contribution in [0.15, 0.2) is 35.4 Å². The Kier molecular flexibility index (Phi) is 8.96. The van der Waals surface area contributed by atoms with E-state index >= 15 is 0 Å². The molecule has 1 aromatic heterocycles.